The van der Waals surface area contributed by atoms with E-state index in [0.29, 0.717) is 17.4 Å². The van der Waals surface area contributed by atoms with Crippen LogP contribution in [0.2, 0.25) is 0 Å². The van der Waals surface area contributed by atoms with Crippen LogP contribution in [0.1, 0.15) is 13.8 Å². The van der Waals surface area contributed by atoms with Crippen molar-refractivity contribution in [3.05, 3.63) is 6.20 Å². The van der Waals surface area contributed by atoms with Crippen molar-refractivity contribution < 1.29 is 4.79 Å². The van der Waals surface area contributed by atoms with E-state index >= 15 is 0 Å². The van der Waals surface area contributed by atoms with E-state index in [1.54, 1.807) is 18.1 Å². The molecule has 0 atom stereocenters. The minimum atomic E-state index is -0.0521. The van der Waals surface area contributed by atoms with E-state index in [4.69, 9.17) is 0 Å². The number of anilines is 2. The number of nitrogens with zero attached hydrogens (tertiary/aromatic N) is 4. The molecule has 2 aromatic rings. The van der Waals surface area contributed by atoms with Gasteiger partial charge in [0.25, 0.3) is 0 Å². The van der Waals surface area contributed by atoms with Crippen LogP contribution in [0.25, 0.3) is 11.0 Å². The van der Waals surface area contributed by atoms with Gasteiger partial charge in [-0.2, -0.15) is 15.1 Å². The molecule has 0 aliphatic heterocycles. The second-order valence-corrected chi connectivity index (χ2v) is 4.83. The summed E-state index contributed by atoms with van der Waals surface area (Å²) in [6, 6.07) is 0.114. The summed E-state index contributed by atoms with van der Waals surface area (Å²) in [6.45, 7) is 4.07. The zero-order valence-corrected chi connectivity index (χ0v) is 12.1. The average molecular weight is 277 g/mol. The fourth-order valence-corrected chi connectivity index (χ4v) is 1.88. The number of aromatic nitrogens is 4. The Morgan fingerprint density at radius 3 is 2.85 bits per heavy atom. The van der Waals surface area contributed by atoms with E-state index in [2.05, 4.69) is 30.8 Å². The van der Waals surface area contributed by atoms with Crippen LogP contribution >= 0.6 is 0 Å². The van der Waals surface area contributed by atoms with E-state index in [-0.39, 0.29) is 18.5 Å². The van der Waals surface area contributed by atoms with Gasteiger partial charge in [-0.3, -0.25) is 9.89 Å². The van der Waals surface area contributed by atoms with Gasteiger partial charge in [0.1, 0.15) is 5.82 Å². The van der Waals surface area contributed by atoms with Crippen LogP contribution in [0.5, 0.6) is 0 Å². The van der Waals surface area contributed by atoms with Crippen molar-refractivity contribution in [3.8, 4) is 0 Å². The first-order valence-corrected chi connectivity index (χ1v) is 6.40. The van der Waals surface area contributed by atoms with Gasteiger partial charge in [-0.25, -0.2) is 0 Å². The zero-order valence-electron chi connectivity index (χ0n) is 12.1. The smallest absolute Gasteiger partial charge is 0.239 e. The molecule has 0 aromatic carbocycles. The Labute approximate surface area is 117 Å². The molecule has 3 N–H and O–H groups in total. The summed E-state index contributed by atoms with van der Waals surface area (Å²) in [4.78, 5) is 22.3. The Morgan fingerprint density at radius 1 is 1.45 bits per heavy atom. The molecule has 0 saturated carbocycles. The van der Waals surface area contributed by atoms with Gasteiger partial charge in [0.2, 0.25) is 11.9 Å². The van der Waals surface area contributed by atoms with Crippen molar-refractivity contribution in [3.63, 3.8) is 0 Å². The second-order valence-electron chi connectivity index (χ2n) is 4.83. The third-order valence-corrected chi connectivity index (χ3v) is 2.71. The average Bonchev–Trinajstić information content (AvgIpc) is 2.84. The van der Waals surface area contributed by atoms with E-state index < -0.39 is 0 Å². The molecule has 108 valence electrons. The standard InChI is InChI=1S/C12H19N7O/c1-7(2)15-9(20)6-19(4)11-8-5-14-18-10(8)16-12(13-3)17-11/h5,7H,6H2,1-4H3,(H,15,20)(H2,13,14,16,17,18). The van der Waals surface area contributed by atoms with E-state index in [1.807, 2.05) is 20.9 Å². The maximum Gasteiger partial charge on any atom is 0.239 e. The zero-order chi connectivity index (χ0) is 14.7. The van der Waals surface area contributed by atoms with Gasteiger partial charge < -0.3 is 15.5 Å². The highest BCUT2D eigenvalue weighted by Gasteiger charge is 2.15. The molecule has 0 bridgehead atoms. The lowest BCUT2D eigenvalue weighted by Gasteiger charge is -2.19. The normalized spacial score (nSPS) is 10.8. The van der Waals surface area contributed by atoms with Gasteiger partial charge in [0, 0.05) is 20.1 Å². The van der Waals surface area contributed by atoms with E-state index in [1.165, 1.54) is 0 Å². The molecule has 0 aliphatic carbocycles. The van der Waals surface area contributed by atoms with E-state index in [9.17, 15) is 4.79 Å². The van der Waals surface area contributed by atoms with Crippen molar-refractivity contribution in [1.82, 2.24) is 25.5 Å². The fourth-order valence-electron chi connectivity index (χ4n) is 1.88. The third kappa shape index (κ3) is 2.95. The molecule has 1 amide bonds. The number of hydrogen-bond acceptors (Lipinski definition) is 6. The predicted octanol–water partition coefficient (Wildman–Crippen LogP) is 0.355. The molecule has 2 heterocycles. The van der Waals surface area contributed by atoms with E-state index in [0.717, 1.165) is 5.39 Å². The monoisotopic (exact) mass is 277 g/mol. The number of carbonyl (C=O) groups is 1. The van der Waals surface area contributed by atoms with Gasteiger partial charge >= 0.3 is 0 Å². The molecule has 0 aliphatic rings. The summed E-state index contributed by atoms with van der Waals surface area (Å²) in [7, 11) is 3.56. The summed E-state index contributed by atoms with van der Waals surface area (Å²) in [5.41, 5.74) is 0.635. The quantitative estimate of drug-likeness (QED) is 0.729. The van der Waals surface area contributed by atoms with Crippen LogP contribution < -0.4 is 15.5 Å². The minimum Gasteiger partial charge on any atom is -0.357 e. The van der Waals surface area contributed by atoms with Gasteiger partial charge in [-0.1, -0.05) is 0 Å². The summed E-state index contributed by atoms with van der Waals surface area (Å²) >= 11 is 0. The largest absolute Gasteiger partial charge is 0.357 e. The summed E-state index contributed by atoms with van der Waals surface area (Å²) in [5, 5.41) is 13.3. The number of amides is 1. The molecule has 0 radical (unpaired) electrons. The minimum absolute atomic E-state index is 0.0521. The lowest BCUT2D eigenvalue weighted by Crippen LogP contribution is -2.39. The number of H-pyrrole nitrogens is 1. The molecule has 2 rings (SSSR count). The van der Waals surface area contributed by atoms with Crippen LogP contribution in [0.3, 0.4) is 0 Å². The first-order valence-electron chi connectivity index (χ1n) is 6.40. The van der Waals surface area contributed by atoms with Crippen molar-refractivity contribution in [2.75, 3.05) is 30.9 Å². The lowest BCUT2D eigenvalue weighted by atomic mass is 10.3. The highest BCUT2D eigenvalue weighted by atomic mass is 16.2. The third-order valence-electron chi connectivity index (χ3n) is 2.71. The van der Waals surface area contributed by atoms with Crippen LogP contribution in [0.15, 0.2) is 6.20 Å². The number of aromatic amines is 1. The van der Waals surface area contributed by atoms with Gasteiger partial charge in [0.15, 0.2) is 5.65 Å². The molecule has 8 heteroatoms. The molecular weight excluding hydrogens is 258 g/mol. The summed E-state index contributed by atoms with van der Waals surface area (Å²) in [5.74, 6) is 1.09. The topological polar surface area (TPSA) is 98.8 Å². The van der Waals surface area contributed by atoms with Crippen LogP contribution in [0.4, 0.5) is 11.8 Å². The summed E-state index contributed by atoms with van der Waals surface area (Å²) in [6.07, 6.45) is 1.65. The van der Waals surface area contributed by atoms with Crippen LogP contribution in [-0.2, 0) is 4.79 Å². The Hall–Kier alpha value is -2.38. The molecule has 0 saturated heterocycles. The van der Waals surface area contributed by atoms with Crippen molar-refractivity contribution in [2.45, 2.75) is 19.9 Å². The van der Waals surface area contributed by atoms with Gasteiger partial charge in [-0.15, -0.1) is 0 Å². The van der Waals surface area contributed by atoms with Crippen molar-refractivity contribution >= 4 is 28.7 Å². The molecule has 0 fully saturated rings. The number of hydrogen-bond donors (Lipinski definition) is 3. The predicted molar refractivity (Wildman–Crippen MR) is 77.8 cm³/mol. The van der Waals surface area contributed by atoms with Crippen molar-refractivity contribution in [2.24, 2.45) is 0 Å². The number of nitrogens with one attached hydrogen (secondary N) is 3. The lowest BCUT2D eigenvalue weighted by molar-refractivity contribution is -0.120. The molecule has 0 spiro atoms. The number of likely N-dealkylation sites (N-methyl/N-ethyl adjacent to an activating group) is 1. The number of fused-ring (bicyclic) bond motifs is 1. The first kappa shape index (κ1) is 14.0. The van der Waals surface area contributed by atoms with Crippen molar-refractivity contribution in [1.29, 1.82) is 0 Å². The maximum atomic E-state index is 11.8. The highest BCUT2D eigenvalue weighted by Crippen LogP contribution is 2.22. The molecule has 0 unspecified atom stereocenters. The summed E-state index contributed by atoms with van der Waals surface area (Å²) < 4.78 is 0. The Kier molecular flexibility index (Phi) is 4.02. The number of carbonyl (C=O) groups excluding carboxylic acids is 1. The maximum absolute atomic E-state index is 11.8. The molecular formula is C12H19N7O. The van der Waals surface area contributed by atoms with Gasteiger partial charge in [0.05, 0.1) is 18.1 Å². The fraction of sp³-hybridized carbons (Fsp3) is 0.500. The molecule has 8 nitrogen and oxygen atoms in total. The highest BCUT2D eigenvalue weighted by molar-refractivity contribution is 5.90. The Balaban J connectivity index is 2.26. The van der Waals surface area contributed by atoms with Crippen LogP contribution in [-0.4, -0.2) is 52.8 Å². The first-order chi connectivity index (χ1) is 9.51. The SMILES string of the molecule is CNc1nc(N(C)CC(=O)NC(C)C)c2cn[nH]c2n1. The van der Waals surface area contributed by atoms with Crippen LogP contribution in [0, 0.1) is 0 Å². The van der Waals surface area contributed by atoms with Gasteiger partial charge in [-0.05, 0) is 13.8 Å². The Morgan fingerprint density at radius 2 is 2.20 bits per heavy atom. The Bertz CT molecular complexity index is 607. The second kappa shape index (κ2) is 5.72. The molecule has 20 heavy (non-hydrogen) atoms. The number of rotatable bonds is 5. The molecule has 2 aromatic heterocycles.